The third-order valence-corrected chi connectivity index (χ3v) is 5.66. The summed E-state index contributed by atoms with van der Waals surface area (Å²) in [4.78, 5) is 41.0. The van der Waals surface area contributed by atoms with Crippen molar-refractivity contribution >= 4 is 23.4 Å². The van der Waals surface area contributed by atoms with Crippen molar-refractivity contribution in [2.24, 2.45) is 5.92 Å². The highest BCUT2D eigenvalue weighted by Gasteiger charge is 2.31. The summed E-state index contributed by atoms with van der Waals surface area (Å²) in [5, 5.41) is 2.88. The lowest BCUT2D eigenvalue weighted by molar-refractivity contribution is -0.121. The second-order valence-corrected chi connectivity index (χ2v) is 7.53. The first-order valence-electron chi connectivity index (χ1n) is 9.82. The highest BCUT2D eigenvalue weighted by atomic mass is 16.7. The van der Waals surface area contributed by atoms with E-state index in [2.05, 4.69) is 5.32 Å². The van der Waals surface area contributed by atoms with Crippen LogP contribution >= 0.6 is 0 Å². The fourth-order valence-corrected chi connectivity index (χ4v) is 4.01. The van der Waals surface area contributed by atoms with Gasteiger partial charge in [-0.2, -0.15) is 0 Å². The molecule has 150 valence electrons. The fraction of sp³-hybridized carbons (Fsp3) is 0.550. The van der Waals surface area contributed by atoms with Crippen LogP contribution in [0.3, 0.4) is 0 Å². The van der Waals surface area contributed by atoms with E-state index >= 15 is 0 Å². The molecular weight excluding hydrogens is 362 g/mol. The Hall–Kier alpha value is -2.77. The molecule has 8 nitrogen and oxygen atoms in total. The predicted octanol–water partition coefficient (Wildman–Crippen LogP) is 2.48. The van der Waals surface area contributed by atoms with E-state index in [0.717, 1.165) is 25.9 Å². The SMILES string of the molecule is CC(=O)c1cc2c(cc1NC(=O)C1CCN(C(=O)N3CCCC3)CC1)OCO2. The van der Waals surface area contributed by atoms with Crippen LogP contribution < -0.4 is 14.8 Å². The lowest BCUT2D eigenvalue weighted by Gasteiger charge is -2.34. The molecule has 0 aromatic heterocycles. The Kier molecular flexibility index (Phi) is 5.11. The number of Topliss-reactive ketones (excluding diaryl/α,β-unsaturated/α-hetero) is 1. The van der Waals surface area contributed by atoms with Gasteiger partial charge in [-0.05, 0) is 38.7 Å². The number of rotatable bonds is 3. The van der Waals surface area contributed by atoms with Crippen LogP contribution in [0.4, 0.5) is 10.5 Å². The molecule has 0 saturated carbocycles. The number of hydrogen-bond donors (Lipinski definition) is 1. The second kappa shape index (κ2) is 7.69. The Balaban J connectivity index is 1.38. The van der Waals surface area contributed by atoms with Gasteiger partial charge in [0, 0.05) is 43.7 Å². The highest BCUT2D eigenvalue weighted by Crippen LogP contribution is 2.37. The van der Waals surface area contributed by atoms with Crippen molar-refractivity contribution in [3.63, 3.8) is 0 Å². The van der Waals surface area contributed by atoms with E-state index in [4.69, 9.17) is 9.47 Å². The van der Waals surface area contributed by atoms with Gasteiger partial charge in [0.15, 0.2) is 17.3 Å². The summed E-state index contributed by atoms with van der Waals surface area (Å²) in [6.07, 6.45) is 3.37. The normalized spacial score (nSPS) is 19.0. The molecule has 2 fully saturated rings. The van der Waals surface area contributed by atoms with Gasteiger partial charge >= 0.3 is 6.03 Å². The van der Waals surface area contributed by atoms with Crippen molar-refractivity contribution in [3.8, 4) is 11.5 Å². The molecule has 28 heavy (non-hydrogen) atoms. The minimum absolute atomic E-state index is 0.0889. The molecule has 3 heterocycles. The van der Waals surface area contributed by atoms with Crippen molar-refractivity contribution in [1.29, 1.82) is 0 Å². The lowest BCUT2D eigenvalue weighted by atomic mass is 9.95. The van der Waals surface area contributed by atoms with Gasteiger partial charge in [-0.3, -0.25) is 9.59 Å². The van der Waals surface area contributed by atoms with Crippen LogP contribution in [0.15, 0.2) is 12.1 Å². The molecule has 8 heteroatoms. The Morgan fingerprint density at radius 2 is 1.57 bits per heavy atom. The molecule has 0 radical (unpaired) electrons. The fourth-order valence-electron chi connectivity index (χ4n) is 4.01. The van der Waals surface area contributed by atoms with Crippen LogP contribution in [0, 0.1) is 5.92 Å². The maximum atomic E-state index is 12.8. The number of nitrogens with one attached hydrogen (secondary N) is 1. The van der Waals surface area contributed by atoms with E-state index in [1.165, 1.54) is 6.92 Å². The maximum absolute atomic E-state index is 12.8. The van der Waals surface area contributed by atoms with E-state index < -0.39 is 0 Å². The molecule has 0 aliphatic carbocycles. The van der Waals surface area contributed by atoms with E-state index in [-0.39, 0.29) is 30.4 Å². The van der Waals surface area contributed by atoms with Crippen LogP contribution in [-0.4, -0.2) is 60.5 Å². The average molecular weight is 387 g/mol. The number of benzene rings is 1. The number of fused-ring (bicyclic) bond motifs is 1. The number of ether oxygens (including phenoxy) is 2. The summed E-state index contributed by atoms with van der Waals surface area (Å²) in [5.74, 6) is 0.561. The van der Waals surface area contributed by atoms with Crippen LogP contribution in [-0.2, 0) is 4.79 Å². The van der Waals surface area contributed by atoms with Crippen molar-refractivity contribution in [2.45, 2.75) is 32.6 Å². The van der Waals surface area contributed by atoms with Gasteiger partial charge < -0.3 is 24.6 Å². The number of likely N-dealkylation sites (tertiary alicyclic amines) is 2. The Bertz CT molecular complexity index is 795. The smallest absolute Gasteiger partial charge is 0.319 e. The van der Waals surface area contributed by atoms with Gasteiger partial charge in [0.1, 0.15) is 0 Å². The summed E-state index contributed by atoms with van der Waals surface area (Å²) in [5.41, 5.74) is 0.844. The van der Waals surface area contributed by atoms with Crippen molar-refractivity contribution in [1.82, 2.24) is 9.80 Å². The first-order chi connectivity index (χ1) is 13.5. The Morgan fingerprint density at radius 3 is 2.21 bits per heavy atom. The van der Waals surface area contributed by atoms with E-state index in [9.17, 15) is 14.4 Å². The number of nitrogens with zero attached hydrogens (tertiary/aromatic N) is 2. The quantitative estimate of drug-likeness (QED) is 0.805. The summed E-state index contributed by atoms with van der Waals surface area (Å²) < 4.78 is 10.7. The van der Waals surface area contributed by atoms with Crippen molar-refractivity contribution < 1.29 is 23.9 Å². The summed E-state index contributed by atoms with van der Waals surface area (Å²) in [6, 6.07) is 3.34. The zero-order valence-corrected chi connectivity index (χ0v) is 16.0. The Labute approximate surface area is 163 Å². The summed E-state index contributed by atoms with van der Waals surface area (Å²) in [7, 11) is 0. The highest BCUT2D eigenvalue weighted by molar-refractivity contribution is 6.05. The molecule has 3 aliphatic heterocycles. The molecule has 3 aliphatic rings. The molecule has 1 N–H and O–H groups in total. The van der Waals surface area contributed by atoms with Gasteiger partial charge in [-0.25, -0.2) is 4.79 Å². The number of amides is 3. The number of carbonyl (C=O) groups excluding carboxylic acids is 3. The largest absolute Gasteiger partial charge is 0.454 e. The summed E-state index contributed by atoms with van der Waals surface area (Å²) in [6.45, 7) is 4.37. The average Bonchev–Trinajstić information content (AvgIpc) is 3.38. The Morgan fingerprint density at radius 1 is 0.964 bits per heavy atom. The number of hydrogen-bond acceptors (Lipinski definition) is 5. The van der Waals surface area contributed by atoms with Gasteiger partial charge in [-0.1, -0.05) is 0 Å². The molecular formula is C20H25N3O5. The molecule has 3 amide bonds. The maximum Gasteiger partial charge on any atom is 0.319 e. The van der Waals surface area contributed by atoms with E-state index in [1.807, 2.05) is 9.80 Å². The number of carbonyl (C=O) groups is 3. The molecule has 0 unspecified atom stereocenters. The molecule has 0 atom stereocenters. The monoisotopic (exact) mass is 387 g/mol. The number of ketones is 1. The van der Waals surface area contributed by atoms with Crippen molar-refractivity contribution in [3.05, 3.63) is 17.7 Å². The van der Waals surface area contributed by atoms with Gasteiger partial charge in [0.2, 0.25) is 12.7 Å². The minimum atomic E-state index is -0.187. The molecule has 4 rings (SSSR count). The standard InChI is InChI=1S/C20H25N3O5/c1-13(24)15-10-17-18(28-12-27-17)11-16(15)21-19(25)14-4-8-23(9-5-14)20(26)22-6-2-3-7-22/h10-11,14H,2-9,12H2,1H3,(H,21,25). The molecule has 0 spiro atoms. The van der Waals surface area contributed by atoms with Crippen LogP contribution in [0.1, 0.15) is 43.0 Å². The third kappa shape index (κ3) is 3.63. The first-order valence-corrected chi connectivity index (χ1v) is 9.82. The van der Waals surface area contributed by atoms with E-state index in [0.29, 0.717) is 48.7 Å². The first kappa shape index (κ1) is 18.6. The van der Waals surface area contributed by atoms with Crippen molar-refractivity contribution in [2.75, 3.05) is 38.3 Å². The van der Waals surface area contributed by atoms with Crippen LogP contribution in [0.5, 0.6) is 11.5 Å². The van der Waals surface area contributed by atoms with Gasteiger partial charge in [0.05, 0.1) is 5.69 Å². The molecule has 1 aromatic rings. The second-order valence-electron chi connectivity index (χ2n) is 7.53. The van der Waals surface area contributed by atoms with E-state index in [1.54, 1.807) is 12.1 Å². The summed E-state index contributed by atoms with van der Waals surface area (Å²) >= 11 is 0. The molecule has 1 aromatic carbocycles. The number of anilines is 1. The molecule has 2 saturated heterocycles. The lowest BCUT2D eigenvalue weighted by Crippen LogP contribution is -2.47. The molecule has 0 bridgehead atoms. The number of piperidine rings is 1. The topological polar surface area (TPSA) is 88.2 Å². The van der Waals surface area contributed by atoms with Crippen LogP contribution in [0.2, 0.25) is 0 Å². The van der Waals surface area contributed by atoms with Gasteiger partial charge in [-0.15, -0.1) is 0 Å². The third-order valence-electron chi connectivity index (χ3n) is 5.66. The van der Waals surface area contributed by atoms with Gasteiger partial charge in [0.25, 0.3) is 0 Å². The minimum Gasteiger partial charge on any atom is -0.454 e. The van der Waals surface area contributed by atoms with Crippen LogP contribution in [0.25, 0.3) is 0 Å². The number of urea groups is 1. The zero-order valence-electron chi connectivity index (χ0n) is 16.0. The predicted molar refractivity (Wildman–Crippen MR) is 102 cm³/mol. The zero-order chi connectivity index (χ0) is 19.7.